The molecule has 0 spiro atoms. The number of nitrogens with one attached hydrogen (secondary N) is 1. The second-order valence-electron chi connectivity index (χ2n) is 4.46. The van der Waals surface area contributed by atoms with E-state index in [0.29, 0.717) is 23.6 Å². The zero-order valence-corrected chi connectivity index (χ0v) is 11.8. The molecule has 0 aromatic heterocycles. The molecule has 1 unspecified atom stereocenters. The first-order valence-electron chi connectivity index (χ1n) is 6.15. The lowest BCUT2D eigenvalue weighted by Crippen LogP contribution is -2.35. The van der Waals surface area contributed by atoms with E-state index < -0.39 is 15.9 Å². The molecular weight excluding hydrogens is 280 g/mol. The lowest BCUT2D eigenvalue weighted by atomic mass is 10.1. The van der Waals surface area contributed by atoms with Crippen LogP contribution in [0.5, 0.6) is 5.75 Å². The second kappa shape index (κ2) is 5.54. The molecule has 0 bridgehead atoms. The van der Waals surface area contributed by atoms with Gasteiger partial charge in [0.1, 0.15) is 5.75 Å². The highest BCUT2D eigenvalue weighted by Gasteiger charge is 2.23. The molecule has 6 nitrogen and oxygen atoms in total. The highest BCUT2D eigenvalue weighted by molar-refractivity contribution is 7.94. The number of nitrogen functional groups attached to an aromatic ring is 1. The van der Waals surface area contributed by atoms with Crippen LogP contribution in [0.3, 0.4) is 0 Å². The van der Waals surface area contributed by atoms with Crippen LogP contribution in [0.25, 0.3) is 0 Å². The average Bonchev–Trinajstić information content (AvgIpc) is 2.68. The van der Waals surface area contributed by atoms with Crippen molar-refractivity contribution in [2.75, 3.05) is 18.1 Å². The van der Waals surface area contributed by atoms with Crippen molar-refractivity contribution in [2.45, 2.75) is 13.0 Å². The molecule has 0 saturated heterocycles. The van der Waals surface area contributed by atoms with Gasteiger partial charge in [-0.1, -0.05) is 0 Å². The SMILES string of the molecule is CCOc1cc(N)cc(C(=O)NC2C=CS(=O)(=O)C2)c1. The van der Waals surface area contributed by atoms with E-state index in [-0.39, 0.29) is 11.7 Å². The topological polar surface area (TPSA) is 98.5 Å². The van der Waals surface area contributed by atoms with E-state index in [4.69, 9.17) is 10.5 Å². The minimum atomic E-state index is -3.19. The molecule has 1 aromatic carbocycles. The minimum Gasteiger partial charge on any atom is -0.494 e. The van der Waals surface area contributed by atoms with Crippen molar-refractivity contribution in [1.29, 1.82) is 0 Å². The Bertz CT molecular complexity index is 652. The fourth-order valence-electron chi connectivity index (χ4n) is 1.92. The van der Waals surface area contributed by atoms with Crippen LogP contribution in [0.2, 0.25) is 0 Å². The van der Waals surface area contributed by atoms with Crippen LogP contribution in [-0.4, -0.2) is 32.7 Å². The molecule has 1 amide bonds. The van der Waals surface area contributed by atoms with E-state index in [1.165, 1.54) is 12.1 Å². The van der Waals surface area contributed by atoms with Gasteiger partial charge in [0.05, 0.1) is 18.4 Å². The number of nitrogens with two attached hydrogens (primary N) is 1. The normalized spacial score (nSPS) is 19.8. The molecule has 3 N–H and O–H groups in total. The molecule has 0 aliphatic carbocycles. The van der Waals surface area contributed by atoms with Crippen molar-refractivity contribution in [3.63, 3.8) is 0 Å². The van der Waals surface area contributed by atoms with Crippen molar-refractivity contribution in [3.05, 3.63) is 35.2 Å². The third-order valence-electron chi connectivity index (χ3n) is 2.75. The second-order valence-corrected chi connectivity index (χ2v) is 6.39. The van der Waals surface area contributed by atoms with Crippen molar-refractivity contribution in [1.82, 2.24) is 5.32 Å². The molecule has 108 valence electrons. The summed E-state index contributed by atoms with van der Waals surface area (Å²) >= 11 is 0. The van der Waals surface area contributed by atoms with Gasteiger partial charge >= 0.3 is 0 Å². The number of carbonyl (C=O) groups is 1. The molecule has 1 aliphatic rings. The smallest absolute Gasteiger partial charge is 0.251 e. The Morgan fingerprint density at radius 2 is 2.20 bits per heavy atom. The predicted octanol–water partition coefficient (Wildman–Crippen LogP) is 0.708. The largest absolute Gasteiger partial charge is 0.494 e. The van der Waals surface area contributed by atoms with Gasteiger partial charge in [0.2, 0.25) is 0 Å². The quantitative estimate of drug-likeness (QED) is 0.797. The first-order valence-corrected chi connectivity index (χ1v) is 7.86. The molecule has 0 radical (unpaired) electrons. The monoisotopic (exact) mass is 296 g/mol. The highest BCUT2D eigenvalue weighted by atomic mass is 32.2. The number of sulfone groups is 1. The van der Waals surface area contributed by atoms with E-state index in [1.54, 1.807) is 12.1 Å². The third kappa shape index (κ3) is 3.51. The Morgan fingerprint density at radius 3 is 2.80 bits per heavy atom. The van der Waals surface area contributed by atoms with Crippen LogP contribution in [-0.2, 0) is 9.84 Å². The van der Waals surface area contributed by atoms with Crippen molar-refractivity contribution in [3.8, 4) is 5.75 Å². The standard InChI is InChI=1S/C13H16N2O4S/c1-2-19-12-6-9(5-10(14)7-12)13(16)15-11-3-4-20(17,18)8-11/h3-7,11H,2,8,14H2,1H3,(H,15,16). The fourth-order valence-corrected chi connectivity index (χ4v) is 3.16. The summed E-state index contributed by atoms with van der Waals surface area (Å²) in [6.07, 6.45) is 1.46. The summed E-state index contributed by atoms with van der Waals surface area (Å²) < 4.78 is 27.9. The van der Waals surface area contributed by atoms with E-state index in [1.807, 2.05) is 6.92 Å². The zero-order chi connectivity index (χ0) is 14.8. The highest BCUT2D eigenvalue weighted by Crippen LogP contribution is 2.19. The summed E-state index contributed by atoms with van der Waals surface area (Å²) in [5.41, 5.74) is 6.46. The van der Waals surface area contributed by atoms with Crippen molar-refractivity contribution >= 4 is 21.4 Å². The van der Waals surface area contributed by atoms with Crippen LogP contribution < -0.4 is 15.8 Å². The number of anilines is 1. The molecule has 0 fully saturated rings. The maximum atomic E-state index is 12.1. The molecule has 0 saturated carbocycles. The van der Waals surface area contributed by atoms with E-state index in [2.05, 4.69) is 5.32 Å². The summed E-state index contributed by atoms with van der Waals surface area (Å²) in [5.74, 6) is 0.0107. The number of ether oxygens (including phenoxy) is 1. The lowest BCUT2D eigenvalue weighted by Gasteiger charge is -2.12. The van der Waals surface area contributed by atoms with Gasteiger partial charge in [0, 0.05) is 22.7 Å². The maximum absolute atomic E-state index is 12.1. The van der Waals surface area contributed by atoms with E-state index >= 15 is 0 Å². The molecule has 1 atom stereocenters. The van der Waals surface area contributed by atoms with E-state index in [0.717, 1.165) is 5.41 Å². The van der Waals surface area contributed by atoms with Crippen LogP contribution >= 0.6 is 0 Å². The molecular formula is C13H16N2O4S. The van der Waals surface area contributed by atoms with Crippen molar-refractivity contribution < 1.29 is 17.9 Å². The Morgan fingerprint density at radius 1 is 1.45 bits per heavy atom. The third-order valence-corrected chi connectivity index (χ3v) is 4.14. The Kier molecular flexibility index (Phi) is 3.99. The van der Waals surface area contributed by atoms with Gasteiger partial charge in [-0.05, 0) is 25.1 Å². The number of rotatable bonds is 4. The molecule has 1 heterocycles. The van der Waals surface area contributed by atoms with Crippen molar-refractivity contribution in [2.24, 2.45) is 0 Å². The number of hydrogen-bond acceptors (Lipinski definition) is 5. The number of hydrogen-bond donors (Lipinski definition) is 2. The first-order chi connectivity index (χ1) is 9.39. The van der Waals surface area contributed by atoms with Crippen LogP contribution in [0, 0.1) is 0 Å². The first kappa shape index (κ1) is 14.4. The number of carbonyl (C=O) groups excluding carboxylic acids is 1. The van der Waals surface area contributed by atoms with Crippen LogP contribution in [0.15, 0.2) is 29.7 Å². The fraction of sp³-hybridized carbons (Fsp3) is 0.308. The maximum Gasteiger partial charge on any atom is 0.251 e. The number of amides is 1. The molecule has 1 aliphatic heterocycles. The van der Waals surface area contributed by atoms with Gasteiger partial charge in [-0.15, -0.1) is 0 Å². The van der Waals surface area contributed by atoms with Gasteiger partial charge < -0.3 is 15.8 Å². The lowest BCUT2D eigenvalue weighted by molar-refractivity contribution is 0.0947. The average molecular weight is 296 g/mol. The van der Waals surface area contributed by atoms with Gasteiger partial charge in [-0.25, -0.2) is 8.42 Å². The minimum absolute atomic E-state index is 0.112. The van der Waals surface area contributed by atoms with Gasteiger partial charge in [0.15, 0.2) is 9.84 Å². The number of benzene rings is 1. The Hall–Kier alpha value is -2.02. The molecule has 7 heteroatoms. The predicted molar refractivity (Wildman–Crippen MR) is 76.2 cm³/mol. The van der Waals surface area contributed by atoms with E-state index in [9.17, 15) is 13.2 Å². The van der Waals surface area contributed by atoms with Gasteiger partial charge in [-0.3, -0.25) is 4.79 Å². The summed E-state index contributed by atoms with van der Waals surface area (Å²) in [5, 5.41) is 3.75. The molecule has 2 rings (SSSR count). The summed E-state index contributed by atoms with van der Waals surface area (Å²) in [6.45, 7) is 2.30. The summed E-state index contributed by atoms with van der Waals surface area (Å²) in [6, 6.07) is 4.21. The zero-order valence-electron chi connectivity index (χ0n) is 11.0. The molecule has 20 heavy (non-hydrogen) atoms. The Balaban J connectivity index is 2.12. The summed E-state index contributed by atoms with van der Waals surface area (Å²) in [7, 11) is -3.19. The van der Waals surface area contributed by atoms with Crippen LogP contribution in [0.1, 0.15) is 17.3 Å². The summed E-state index contributed by atoms with van der Waals surface area (Å²) in [4.78, 5) is 12.1. The van der Waals surface area contributed by atoms with Gasteiger partial charge in [-0.2, -0.15) is 0 Å². The Labute approximate surface area is 117 Å². The van der Waals surface area contributed by atoms with Gasteiger partial charge in [0.25, 0.3) is 5.91 Å². The molecule has 1 aromatic rings. The van der Waals surface area contributed by atoms with Crippen LogP contribution in [0.4, 0.5) is 5.69 Å².